The summed E-state index contributed by atoms with van der Waals surface area (Å²) in [7, 11) is 1.32. The number of esters is 2. The van der Waals surface area contributed by atoms with E-state index < -0.39 is 17.5 Å². The van der Waals surface area contributed by atoms with Gasteiger partial charge in [0.05, 0.1) is 29.2 Å². The largest absolute Gasteiger partial charge is 0.469 e. The van der Waals surface area contributed by atoms with Crippen LogP contribution in [0.4, 0.5) is 11.4 Å². The minimum Gasteiger partial charge on any atom is -0.469 e. The van der Waals surface area contributed by atoms with E-state index in [1.807, 2.05) is 0 Å². The van der Waals surface area contributed by atoms with Crippen molar-refractivity contribution < 1.29 is 28.8 Å². The van der Waals surface area contributed by atoms with Gasteiger partial charge in [-0.05, 0) is 18.9 Å². The SMILES string of the molecule is COC(=O)C1CCN(C(=O)COC(=O)c2ccc([N+](=O)[O-])cc2N)CC1. The first-order valence-electron chi connectivity index (χ1n) is 7.90. The molecule has 1 aromatic rings. The number of ether oxygens (including phenoxy) is 2. The Morgan fingerprint density at radius 1 is 1.31 bits per heavy atom. The highest BCUT2D eigenvalue weighted by Gasteiger charge is 2.28. The van der Waals surface area contributed by atoms with Gasteiger partial charge in [0.2, 0.25) is 0 Å². The number of piperidine rings is 1. The molecule has 0 radical (unpaired) electrons. The summed E-state index contributed by atoms with van der Waals surface area (Å²) in [4.78, 5) is 47.1. The second kappa shape index (κ2) is 8.28. The molecule has 0 saturated carbocycles. The predicted molar refractivity (Wildman–Crippen MR) is 89.1 cm³/mol. The van der Waals surface area contributed by atoms with Crippen molar-refractivity contribution in [2.75, 3.05) is 32.5 Å². The molecule has 1 aliphatic rings. The van der Waals surface area contributed by atoms with E-state index in [2.05, 4.69) is 4.74 Å². The van der Waals surface area contributed by atoms with Crippen molar-refractivity contribution in [2.24, 2.45) is 5.92 Å². The third-order valence-electron chi connectivity index (χ3n) is 4.17. The van der Waals surface area contributed by atoms with Gasteiger partial charge in [0.1, 0.15) is 0 Å². The fourth-order valence-electron chi connectivity index (χ4n) is 2.68. The van der Waals surface area contributed by atoms with Crippen molar-refractivity contribution in [2.45, 2.75) is 12.8 Å². The Bertz CT molecular complexity index is 727. The van der Waals surface area contributed by atoms with E-state index in [9.17, 15) is 24.5 Å². The van der Waals surface area contributed by atoms with Gasteiger partial charge in [0.25, 0.3) is 11.6 Å². The summed E-state index contributed by atoms with van der Waals surface area (Å²) in [6, 6.07) is 3.37. The molecule has 1 heterocycles. The molecule has 0 aliphatic carbocycles. The number of nitrogen functional groups attached to an aromatic ring is 1. The molecule has 0 atom stereocenters. The van der Waals surface area contributed by atoms with Gasteiger partial charge in [-0.15, -0.1) is 0 Å². The quantitative estimate of drug-likeness (QED) is 0.348. The third kappa shape index (κ3) is 4.47. The second-order valence-electron chi connectivity index (χ2n) is 5.78. The van der Waals surface area contributed by atoms with E-state index >= 15 is 0 Å². The van der Waals surface area contributed by atoms with E-state index in [-0.39, 0.29) is 34.7 Å². The summed E-state index contributed by atoms with van der Waals surface area (Å²) < 4.78 is 9.63. The van der Waals surface area contributed by atoms with E-state index in [1.54, 1.807) is 0 Å². The zero-order valence-corrected chi connectivity index (χ0v) is 14.2. The van der Waals surface area contributed by atoms with Gasteiger partial charge in [-0.3, -0.25) is 19.7 Å². The van der Waals surface area contributed by atoms with Crippen LogP contribution in [0.5, 0.6) is 0 Å². The smallest absolute Gasteiger partial charge is 0.340 e. The number of nitrogens with two attached hydrogens (primary N) is 1. The zero-order valence-electron chi connectivity index (χ0n) is 14.2. The number of nitro groups is 1. The van der Waals surface area contributed by atoms with Crippen molar-refractivity contribution in [1.82, 2.24) is 4.90 Å². The monoisotopic (exact) mass is 365 g/mol. The molecule has 2 N–H and O–H groups in total. The average molecular weight is 365 g/mol. The molecular weight excluding hydrogens is 346 g/mol. The first kappa shape index (κ1) is 19.2. The Morgan fingerprint density at radius 3 is 2.50 bits per heavy atom. The molecule has 10 nitrogen and oxygen atoms in total. The number of methoxy groups -OCH3 is 1. The molecule has 2 rings (SSSR count). The molecule has 1 aromatic carbocycles. The molecule has 0 spiro atoms. The number of carbonyl (C=O) groups excluding carboxylic acids is 3. The Kier molecular flexibility index (Phi) is 6.10. The Hall–Kier alpha value is -3.17. The van der Waals surface area contributed by atoms with Crippen LogP contribution in [0.1, 0.15) is 23.2 Å². The average Bonchev–Trinajstić information content (AvgIpc) is 2.65. The number of benzene rings is 1. The van der Waals surface area contributed by atoms with Crippen LogP contribution in [0.3, 0.4) is 0 Å². The lowest BCUT2D eigenvalue weighted by atomic mass is 9.97. The maximum Gasteiger partial charge on any atom is 0.340 e. The van der Waals surface area contributed by atoms with Crippen molar-refractivity contribution in [3.8, 4) is 0 Å². The summed E-state index contributed by atoms with van der Waals surface area (Å²) in [5.74, 6) is -1.75. The minimum absolute atomic E-state index is 0.0483. The molecule has 1 aliphatic heterocycles. The molecule has 26 heavy (non-hydrogen) atoms. The lowest BCUT2D eigenvalue weighted by molar-refractivity contribution is -0.384. The number of anilines is 1. The number of hydrogen-bond donors (Lipinski definition) is 1. The molecule has 1 fully saturated rings. The van der Waals surface area contributed by atoms with Gasteiger partial charge in [0.15, 0.2) is 6.61 Å². The highest BCUT2D eigenvalue weighted by Crippen LogP contribution is 2.21. The van der Waals surface area contributed by atoms with Gasteiger partial charge >= 0.3 is 11.9 Å². The van der Waals surface area contributed by atoms with Crippen molar-refractivity contribution >= 4 is 29.2 Å². The van der Waals surface area contributed by atoms with Crippen LogP contribution in [0.2, 0.25) is 0 Å². The fourth-order valence-corrected chi connectivity index (χ4v) is 2.68. The predicted octanol–water partition coefficient (Wildman–Crippen LogP) is 0.745. The number of rotatable bonds is 5. The normalized spacial score (nSPS) is 14.6. The minimum atomic E-state index is -0.838. The zero-order chi connectivity index (χ0) is 19.3. The fraction of sp³-hybridized carbons (Fsp3) is 0.438. The van der Waals surface area contributed by atoms with E-state index in [0.29, 0.717) is 25.9 Å². The molecule has 1 saturated heterocycles. The van der Waals surface area contributed by atoms with Gasteiger partial charge in [0, 0.05) is 25.2 Å². The van der Waals surface area contributed by atoms with Crippen molar-refractivity contribution in [3.05, 3.63) is 33.9 Å². The maximum absolute atomic E-state index is 12.1. The number of nitrogens with zero attached hydrogens (tertiary/aromatic N) is 2. The van der Waals surface area contributed by atoms with Crippen LogP contribution in [0.15, 0.2) is 18.2 Å². The lowest BCUT2D eigenvalue weighted by Crippen LogP contribution is -2.42. The summed E-state index contributed by atoms with van der Waals surface area (Å²) in [6.45, 7) is 0.268. The summed E-state index contributed by atoms with van der Waals surface area (Å²) in [5.41, 5.74) is 5.23. The van der Waals surface area contributed by atoms with Crippen LogP contribution < -0.4 is 5.73 Å². The maximum atomic E-state index is 12.1. The van der Waals surface area contributed by atoms with Gasteiger partial charge < -0.3 is 20.1 Å². The number of non-ortho nitro benzene ring substituents is 1. The Labute approximate surface area is 149 Å². The van der Waals surface area contributed by atoms with Crippen LogP contribution in [0, 0.1) is 16.0 Å². The van der Waals surface area contributed by atoms with E-state index in [4.69, 9.17) is 10.5 Å². The molecule has 0 unspecified atom stereocenters. The number of likely N-dealkylation sites (tertiary alicyclic amines) is 1. The Balaban J connectivity index is 1.87. The molecule has 1 amide bonds. The Morgan fingerprint density at radius 2 is 1.96 bits per heavy atom. The second-order valence-corrected chi connectivity index (χ2v) is 5.78. The van der Waals surface area contributed by atoms with Gasteiger partial charge in [-0.1, -0.05) is 0 Å². The first-order chi connectivity index (χ1) is 12.3. The number of amides is 1. The summed E-state index contributed by atoms with van der Waals surface area (Å²) in [5, 5.41) is 10.7. The third-order valence-corrected chi connectivity index (χ3v) is 4.17. The summed E-state index contributed by atoms with van der Waals surface area (Å²) >= 11 is 0. The first-order valence-corrected chi connectivity index (χ1v) is 7.90. The number of nitro benzene ring substituents is 1. The standard InChI is InChI=1S/C16H19N3O7/c1-25-15(21)10-4-6-18(7-5-10)14(20)9-26-16(22)12-3-2-11(19(23)24)8-13(12)17/h2-3,8,10H,4-7,9,17H2,1H3. The summed E-state index contributed by atoms with van der Waals surface area (Å²) in [6.07, 6.45) is 0.976. The molecule has 140 valence electrons. The highest BCUT2D eigenvalue weighted by atomic mass is 16.6. The van der Waals surface area contributed by atoms with Crippen molar-refractivity contribution in [3.63, 3.8) is 0 Å². The molecule has 0 aromatic heterocycles. The number of hydrogen-bond acceptors (Lipinski definition) is 8. The van der Waals surface area contributed by atoms with Crippen LogP contribution >= 0.6 is 0 Å². The number of carbonyl (C=O) groups is 3. The van der Waals surface area contributed by atoms with Crippen LogP contribution in [-0.2, 0) is 19.1 Å². The lowest BCUT2D eigenvalue weighted by Gasteiger charge is -2.30. The van der Waals surface area contributed by atoms with E-state index in [1.165, 1.54) is 18.1 Å². The van der Waals surface area contributed by atoms with Gasteiger partial charge in [-0.2, -0.15) is 0 Å². The van der Waals surface area contributed by atoms with Crippen molar-refractivity contribution in [1.29, 1.82) is 0 Å². The van der Waals surface area contributed by atoms with Crippen LogP contribution in [-0.4, -0.2) is 54.5 Å². The van der Waals surface area contributed by atoms with Gasteiger partial charge in [-0.25, -0.2) is 4.79 Å². The molecule has 0 bridgehead atoms. The molecular formula is C16H19N3O7. The highest BCUT2D eigenvalue weighted by molar-refractivity contribution is 5.96. The van der Waals surface area contributed by atoms with E-state index in [0.717, 1.165) is 12.1 Å². The topological polar surface area (TPSA) is 142 Å². The molecule has 10 heteroatoms. The van der Waals surface area contributed by atoms with Crippen LogP contribution in [0.25, 0.3) is 0 Å².